The van der Waals surface area contributed by atoms with Crippen LogP contribution >= 0.6 is 34.8 Å². The Labute approximate surface area is 175 Å². The van der Waals surface area contributed by atoms with Crippen LogP contribution in [-0.2, 0) is 0 Å². The van der Waals surface area contributed by atoms with E-state index in [0.717, 1.165) is 31.7 Å². The summed E-state index contributed by atoms with van der Waals surface area (Å²) in [4.78, 5) is 27.8. The molecule has 1 amide bonds. The Hall–Kier alpha value is -2.03. The number of nitrogens with one attached hydrogen (secondary N) is 1. The van der Waals surface area contributed by atoms with Gasteiger partial charge in [-0.2, -0.15) is 0 Å². The second kappa shape index (κ2) is 7.77. The zero-order valence-electron chi connectivity index (χ0n) is 14.7. The molecule has 0 aromatic carbocycles. The number of piperidine rings is 1. The first kappa shape index (κ1) is 19.3. The number of fused-ring (bicyclic) bond motifs is 1. The number of furan rings is 1. The zero-order chi connectivity index (χ0) is 19.7. The highest BCUT2D eigenvalue weighted by Gasteiger charge is 2.37. The van der Waals surface area contributed by atoms with Gasteiger partial charge in [0.15, 0.2) is 28.9 Å². The molecule has 0 saturated carbocycles. The third kappa shape index (κ3) is 3.76. The van der Waals surface area contributed by atoms with Crippen molar-refractivity contribution in [1.82, 2.24) is 24.8 Å². The van der Waals surface area contributed by atoms with Crippen molar-refractivity contribution >= 4 is 57.7 Å². The predicted molar refractivity (Wildman–Crippen MR) is 107 cm³/mol. The molecule has 1 N–H and O–H groups in total. The van der Waals surface area contributed by atoms with Gasteiger partial charge in [0.05, 0.1) is 12.6 Å². The summed E-state index contributed by atoms with van der Waals surface area (Å²) in [5.41, 5.74) is 1.06. The summed E-state index contributed by atoms with van der Waals surface area (Å²) >= 11 is 18.5. The number of amides is 1. The van der Waals surface area contributed by atoms with E-state index in [-0.39, 0.29) is 5.76 Å². The van der Waals surface area contributed by atoms with Crippen molar-refractivity contribution in [2.45, 2.75) is 29.2 Å². The summed E-state index contributed by atoms with van der Waals surface area (Å²) in [5, 5.41) is 2.67. The maximum absolute atomic E-state index is 12.5. The lowest BCUT2D eigenvalue weighted by molar-refractivity contribution is 0.0893. The first-order valence-corrected chi connectivity index (χ1v) is 9.92. The second-order valence-electron chi connectivity index (χ2n) is 6.46. The number of anilines is 1. The van der Waals surface area contributed by atoms with Crippen molar-refractivity contribution in [1.29, 1.82) is 0 Å². The average molecular weight is 444 g/mol. The molecule has 0 unspecified atom stereocenters. The van der Waals surface area contributed by atoms with Gasteiger partial charge >= 0.3 is 0 Å². The van der Waals surface area contributed by atoms with E-state index in [0.29, 0.717) is 11.2 Å². The molecule has 11 heteroatoms. The summed E-state index contributed by atoms with van der Waals surface area (Å²) < 4.78 is 4.78. The van der Waals surface area contributed by atoms with Crippen LogP contribution in [0.1, 0.15) is 36.0 Å². The van der Waals surface area contributed by atoms with E-state index < -0.39 is 15.9 Å². The number of halogens is 3. The molecule has 28 heavy (non-hydrogen) atoms. The van der Waals surface area contributed by atoms with Gasteiger partial charge in [0.2, 0.25) is 3.79 Å². The van der Waals surface area contributed by atoms with Crippen LogP contribution in [0.15, 0.2) is 35.5 Å². The minimum Gasteiger partial charge on any atom is -0.459 e. The van der Waals surface area contributed by atoms with E-state index in [1.807, 2.05) is 0 Å². The fourth-order valence-corrected chi connectivity index (χ4v) is 3.76. The molecule has 0 bridgehead atoms. The molecule has 3 aromatic heterocycles. The van der Waals surface area contributed by atoms with Gasteiger partial charge < -0.3 is 14.6 Å². The minimum absolute atomic E-state index is 0.104. The Bertz CT molecular complexity index is 963. The molecule has 8 nitrogen and oxygen atoms in total. The monoisotopic (exact) mass is 442 g/mol. The number of hydrogen-bond acceptors (Lipinski definition) is 6. The van der Waals surface area contributed by atoms with Crippen LogP contribution in [-0.4, -0.2) is 42.3 Å². The minimum atomic E-state index is -1.86. The summed E-state index contributed by atoms with van der Waals surface area (Å²) in [7, 11) is 0. The van der Waals surface area contributed by atoms with E-state index in [9.17, 15) is 4.79 Å². The van der Waals surface area contributed by atoms with Gasteiger partial charge in [-0.25, -0.2) is 15.0 Å². The van der Waals surface area contributed by atoms with Crippen molar-refractivity contribution in [3.8, 4) is 0 Å². The van der Waals surface area contributed by atoms with Crippen molar-refractivity contribution in [2.24, 2.45) is 0 Å². The van der Waals surface area contributed by atoms with Crippen molar-refractivity contribution in [3.63, 3.8) is 0 Å². The lowest BCUT2D eigenvalue weighted by Gasteiger charge is -2.28. The van der Waals surface area contributed by atoms with Gasteiger partial charge in [0.25, 0.3) is 5.91 Å². The highest BCUT2D eigenvalue weighted by Crippen LogP contribution is 2.38. The first-order valence-electron chi connectivity index (χ1n) is 8.79. The van der Waals surface area contributed by atoms with Crippen LogP contribution in [0.3, 0.4) is 0 Å². The molecular formula is C17H17Cl3N6O2. The van der Waals surface area contributed by atoms with Gasteiger partial charge in [-0.05, 0) is 31.4 Å². The maximum Gasteiger partial charge on any atom is 0.288 e. The van der Waals surface area contributed by atoms with Crippen LogP contribution in [0.25, 0.3) is 11.2 Å². The molecule has 1 fully saturated rings. The number of carbonyl (C=O) groups excluding carboxylic acids is 1. The summed E-state index contributed by atoms with van der Waals surface area (Å²) in [6.45, 7) is 1.81. The number of aromatic nitrogens is 4. The Morgan fingerprint density at radius 1 is 1.18 bits per heavy atom. The lowest BCUT2D eigenvalue weighted by Crippen LogP contribution is -2.40. The van der Waals surface area contributed by atoms with Crippen molar-refractivity contribution in [3.05, 3.63) is 36.8 Å². The predicted octanol–water partition coefficient (Wildman–Crippen LogP) is 3.71. The Balaban J connectivity index is 1.71. The average Bonchev–Trinajstić information content (AvgIpc) is 3.35. The second-order valence-corrected chi connectivity index (χ2v) is 8.83. The van der Waals surface area contributed by atoms with Crippen molar-refractivity contribution < 1.29 is 9.21 Å². The number of imidazole rings is 1. The van der Waals surface area contributed by atoms with Crippen LogP contribution < -0.4 is 10.2 Å². The summed E-state index contributed by atoms with van der Waals surface area (Å²) in [6, 6.07) is 3.12. The quantitative estimate of drug-likeness (QED) is 0.618. The molecule has 1 atom stereocenters. The molecule has 1 aliphatic heterocycles. The normalized spacial score (nSPS) is 16.3. The molecule has 1 saturated heterocycles. The molecular weight excluding hydrogens is 427 g/mol. The van der Waals surface area contributed by atoms with Crippen LogP contribution in [0.2, 0.25) is 0 Å². The largest absolute Gasteiger partial charge is 0.459 e. The molecule has 3 aromatic rings. The van der Waals surface area contributed by atoms with Gasteiger partial charge in [-0.15, -0.1) is 0 Å². The van der Waals surface area contributed by atoms with E-state index in [2.05, 4.69) is 25.2 Å². The van der Waals surface area contributed by atoms with E-state index >= 15 is 0 Å². The smallest absolute Gasteiger partial charge is 0.288 e. The number of rotatable bonds is 4. The lowest BCUT2D eigenvalue weighted by atomic mass is 10.1. The van der Waals surface area contributed by atoms with Gasteiger partial charge in [-0.3, -0.25) is 9.36 Å². The molecule has 4 heterocycles. The Morgan fingerprint density at radius 2 is 1.96 bits per heavy atom. The van der Waals surface area contributed by atoms with Crippen LogP contribution in [0.5, 0.6) is 0 Å². The van der Waals surface area contributed by atoms with Crippen LogP contribution in [0.4, 0.5) is 5.82 Å². The molecule has 0 radical (unpaired) electrons. The Morgan fingerprint density at radius 3 is 2.64 bits per heavy atom. The third-order valence-electron chi connectivity index (χ3n) is 4.60. The van der Waals surface area contributed by atoms with E-state index in [1.54, 1.807) is 6.07 Å². The summed E-state index contributed by atoms with van der Waals surface area (Å²) in [5.74, 6) is 0.324. The van der Waals surface area contributed by atoms with E-state index in [4.69, 9.17) is 39.2 Å². The van der Waals surface area contributed by atoms with Gasteiger partial charge in [0, 0.05) is 13.1 Å². The standard InChI is InChI=1S/C17H17Cl3N6O2/c18-17(19,20)16(24-15(27)11-5-4-8-28-11)26-10-23-12-13(21-9-22-14(12)26)25-6-2-1-3-7-25/h4-5,8-10,16H,1-3,6-7H2,(H,24,27)/t16-/m1/s1. The fraction of sp³-hybridized carbons (Fsp3) is 0.412. The number of alkyl halides is 3. The SMILES string of the molecule is O=C(N[C@H](n1cnc2c(N3CCCCC3)ncnc21)C(Cl)(Cl)Cl)c1ccco1. The topological polar surface area (TPSA) is 89.1 Å². The maximum atomic E-state index is 12.5. The molecule has 1 aliphatic rings. The molecule has 0 spiro atoms. The molecule has 0 aliphatic carbocycles. The number of carbonyl (C=O) groups is 1. The van der Waals surface area contributed by atoms with Gasteiger partial charge in [0.1, 0.15) is 6.33 Å². The van der Waals surface area contributed by atoms with Crippen molar-refractivity contribution in [2.75, 3.05) is 18.0 Å². The molecule has 4 rings (SSSR count). The highest BCUT2D eigenvalue weighted by atomic mass is 35.6. The summed E-state index contributed by atoms with van der Waals surface area (Å²) in [6.07, 6.45) is 6.68. The zero-order valence-corrected chi connectivity index (χ0v) is 17.0. The Kier molecular flexibility index (Phi) is 5.35. The fourth-order valence-electron chi connectivity index (χ4n) is 3.28. The van der Waals surface area contributed by atoms with Crippen LogP contribution in [0, 0.1) is 0 Å². The number of hydrogen-bond donors (Lipinski definition) is 1. The van der Waals surface area contributed by atoms with E-state index in [1.165, 1.54) is 36.0 Å². The van der Waals surface area contributed by atoms with Gasteiger partial charge in [-0.1, -0.05) is 34.8 Å². The number of nitrogens with zero attached hydrogens (tertiary/aromatic N) is 5. The first-order chi connectivity index (χ1) is 13.4. The highest BCUT2D eigenvalue weighted by molar-refractivity contribution is 6.68. The third-order valence-corrected chi connectivity index (χ3v) is 5.22. The molecule has 148 valence electrons.